The van der Waals surface area contributed by atoms with Gasteiger partial charge in [-0.2, -0.15) is 0 Å². The van der Waals surface area contributed by atoms with Crippen LogP contribution in [-0.2, 0) is 0 Å². The summed E-state index contributed by atoms with van der Waals surface area (Å²) in [7, 11) is 0. The van der Waals surface area contributed by atoms with Gasteiger partial charge in [0, 0.05) is 11.3 Å². The van der Waals surface area contributed by atoms with Gasteiger partial charge in [0.05, 0.1) is 13.2 Å². The van der Waals surface area contributed by atoms with Crippen molar-refractivity contribution in [1.82, 2.24) is 0 Å². The van der Waals surface area contributed by atoms with Crippen LogP contribution in [0.5, 0.6) is 11.5 Å². The molecule has 0 fully saturated rings. The Labute approximate surface area is 162 Å². The van der Waals surface area contributed by atoms with E-state index in [4.69, 9.17) is 9.47 Å². The highest BCUT2D eigenvalue weighted by atomic mass is 16.5. The molecule has 2 rings (SSSR count). The van der Waals surface area contributed by atoms with Crippen LogP contribution in [0.4, 0.5) is 5.69 Å². The van der Waals surface area contributed by atoms with E-state index in [1.807, 2.05) is 36.4 Å². The number of nitrogens with one attached hydrogen (secondary N) is 1. The van der Waals surface area contributed by atoms with Crippen molar-refractivity contribution in [1.29, 1.82) is 0 Å². The van der Waals surface area contributed by atoms with E-state index in [0.29, 0.717) is 12.2 Å². The first-order valence-electron chi connectivity index (χ1n) is 10.00. The molecule has 0 bridgehead atoms. The number of anilines is 1. The maximum atomic E-state index is 12.4. The lowest BCUT2D eigenvalue weighted by molar-refractivity contribution is 0.102. The van der Waals surface area contributed by atoms with Crippen LogP contribution in [0, 0.1) is 0 Å². The van der Waals surface area contributed by atoms with Crippen molar-refractivity contribution >= 4 is 11.6 Å². The summed E-state index contributed by atoms with van der Waals surface area (Å²) < 4.78 is 11.3. The van der Waals surface area contributed by atoms with Crippen molar-refractivity contribution in [3.05, 3.63) is 54.1 Å². The highest BCUT2D eigenvalue weighted by molar-refractivity contribution is 6.04. The molecule has 0 aromatic heterocycles. The number of amides is 1. The van der Waals surface area contributed by atoms with Gasteiger partial charge in [-0.05, 0) is 61.4 Å². The van der Waals surface area contributed by atoms with E-state index in [-0.39, 0.29) is 5.91 Å². The summed E-state index contributed by atoms with van der Waals surface area (Å²) in [6.07, 6.45) is 7.05. The molecule has 0 saturated heterocycles. The maximum absolute atomic E-state index is 12.4. The lowest BCUT2D eigenvalue weighted by Crippen LogP contribution is -2.11. The SMILES string of the molecule is CCCCCCCOc1ccc(C(=O)Nc2ccc(OCCC)cc2)cc1. The molecule has 146 valence electrons. The van der Waals surface area contributed by atoms with Crippen LogP contribution in [0.3, 0.4) is 0 Å². The molecule has 0 heterocycles. The first-order chi connectivity index (χ1) is 13.2. The minimum absolute atomic E-state index is 0.136. The average Bonchev–Trinajstić information content (AvgIpc) is 2.70. The number of hydrogen-bond donors (Lipinski definition) is 1. The quantitative estimate of drug-likeness (QED) is 0.461. The summed E-state index contributed by atoms with van der Waals surface area (Å²) in [6.45, 7) is 5.70. The summed E-state index contributed by atoms with van der Waals surface area (Å²) in [6, 6.07) is 14.7. The largest absolute Gasteiger partial charge is 0.494 e. The highest BCUT2D eigenvalue weighted by Gasteiger charge is 2.06. The standard InChI is InChI=1S/C23H31NO3/c1-3-5-6-7-8-18-27-21-13-9-19(10-14-21)23(25)24-20-11-15-22(16-12-20)26-17-4-2/h9-16H,3-8,17-18H2,1-2H3,(H,24,25). The maximum Gasteiger partial charge on any atom is 0.255 e. The van der Waals surface area contributed by atoms with Crippen LogP contribution < -0.4 is 14.8 Å². The zero-order valence-corrected chi connectivity index (χ0v) is 16.5. The second-order valence-electron chi connectivity index (χ2n) is 6.61. The Balaban J connectivity index is 1.77. The predicted molar refractivity (Wildman–Crippen MR) is 111 cm³/mol. The number of benzene rings is 2. The van der Waals surface area contributed by atoms with E-state index >= 15 is 0 Å². The Morgan fingerprint density at radius 2 is 1.33 bits per heavy atom. The molecule has 0 atom stereocenters. The third-order valence-corrected chi connectivity index (χ3v) is 4.22. The third-order valence-electron chi connectivity index (χ3n) is 4.22. The number of rotatable bonds is 12. The molecule has 0 radical (unpaired) electrons. The van der Waals surface area contributed by atoms with Crippen LogP contribution in [0.2, 0.25) is 0 Å². The van der Waals surface area contributed by atoms with Gasteiger partial charge in [-0.3, -0.25) is 4.79 Å². The molecule has 4 heteroatoms. The van der Waals surface area contributed by atoms with E-state index in [1.165, 1.54) is 25.7 Å². The third kappa shape index (κ3) is 7.73. The van der Waals surface area contributed by atoms with Crippen molar-refractivity contribution in [2.24, 2.45) is 0 Å². The van der Waals surface area contributed by atoms with Gasteiger partial charge >= 0.3 is 0 Å². The summed E-state index contributed by atoms with van der Waals surface area (Å²) in [5, 5.41) is 2.90. The fourth-order valence-corrected chi connectivity index (χ4v) is 2.66. The Bertz CT molecular complexity index is 665. The number of unbranched alkanes of at least 4 members (excludes halogenated alkanes) is 4. The zero-order valence-electron chi connectivity index (χ0n) is 16.5. The van der Waals surface area contributed by atoms with Crippen LogP contribution in [0.15, 0.2) is 48.5 Å². The highest BCUT2D eigenvalue weighted by Crippen LogP contribution is 2.18. The number of ether oxygens (including phenoxy) is 2. The first-order valence-corrected chi connectivity index (χ1v) is 10.00. The monoisotopic (exact) mass is 369 g/mol. The molecule has 0 unspecified atom stereocenters. The van der Waals surface area contributed by atoms with Gasteiger partial charge in [0.1, 0.15) is 11.5 Å². The molecule has 2 aromatic carbocycles. The summed E-state index contributed by atoms with van der Waals surface area (Å²) in [4.78, 5) is 12.4. The molecular formula is C23H31NO3. The fraction of sp³-hybridized carbons (Fsp3) is 0.435. The van der Waals surface area contributed by atoms with Gasteiger partial charge in [0.2, 0.25) is 0 Å². The fourth-order valence-electron chi connectivity index (χ4n) is 2.66. The van der Waals surface area contributed by atoms with Crippen molar-refractivity contribution in [3.63, 3.8) is 0 Å². The molecule has 0 aliphatic carbocycles. The Morgan fingerprint density at radius 3 is 1.96 bits per heavy atom. The lowest BCUT2D eigenvalue weighted by Gasteiger charge is -2.09. The van der Waals surface area contributed by atoms with E-state index < -0.39 is 0 Å². The number of carbonyl (C=O) groups excluding carboxylic acids is 1. The van der Waals surface area contributed by atoms with E-state index in [0.717, 1.165) is 36.6 Å². The van der Waals surface area contributed by atoms with Crippen molar-refractivity contribution in [2.45, 2.75) is 52.4 Å². The molecule has 2 aromatic rings. The number of carbonyl (C=O) groups is 1. The van der Waals surface area contributed by atoms with Gasteiger partial charge in [0.15, 0.2) is 0 Å². The van der Waals surface area contributed by atoms with Gasteiger partial charge in [-0.25, -0.2) is 0 Å². The Kier molecular flexibility index (Phi) is 9.25. The average molecular weight is 370 g/mol. The molecule has 1 amide bonds. The van der Waals surface area contributed by atoms with E-state index in [9.17, 15) is 4.79 Å². The van der Waals surface area contributed by atoms with E-state index in [2.05, 4.69) is 19.2 Å². The topological polar surface area (TPSA) is 47.6 Å². The smallest absolute Gasteiger partial charge is 0.255 e. The molecule has 0 aliphatic heterocycles. The summed E-state index contributed by atoms with van der Waals surface area (Å²) in [5.41, 5.74) is 1.35. The molecular weight excluding hydrogens is 338 g/mol. The first kappa shape index (κ1) is 20.8. The second-order valence-corrected chi connectivity index (χ2v) is 6.61. The van der Waals surface area contributed by atoms with Crippen LogP contribution in [0.25, 0.3) is 0 Å². The van der Waals surface area contributed by atoms with Gasteiger partial charge in [-0.15, -0.1) is 0 Å². The van der Waals surface area contributed by atoms with Gasteiger partial charge < -0.3 is 14.8 Å². The minimum atomic E-state index is -0.136. The molecule has 27 heavy (non-hydrogen) atoms. The van der Waals surface area contributed by atoms with Crippen LogP contribution in [-0.4, -0.2) is 19.1 Å². The number of hydrogen-bond acceptors (Lipinski definition) is 3. The Morgan fingerprint density at radius 1 is 0.741 bits per heavy atom. The van der Waals surface area contributed by atoms with E-state index in [1.54, 1.807) is 12.1 Å². The molecule has 0 spiro atoms. The minimum Gasteiger partial charge on any atom is -0.494 e. The summed E-state index contributed by atoms with van der Waals surface area (Å²) in [5.74, 6) is 1.48. The zero-order chi connectivity index (χ0) is 19.3. The second kappa shape index (κ2) is 12.0. The lowest BCUT2D eigenvalue weighted by atomic mass is 10.1. The molecule has 4 nitrogen and oxygen atoms in total. The summed E-state index contributed by atoms with van der Waals surface area (Å²) >= 11 is 0. The van der Waals surface area contributed by atoms with Crippen molar-refractivity contribution in [3.8, 4) is 11.5 Å². The van der Waals surface area contributed by atoms with Crippen molar-refractivity contribution < 1.29 is 14.3 Å². The van der Waals surface area contributed by atoms with Gasteiger partial charge in [-0.1, -0.05) is 39.5 Å². The van der Waals surface area contributed by atoms with Crippen LogP contribution >= 0.6 is 0 Å². The molecule has 0 saturated carbocycles. The molecule has 0 aliphatic rings. The Hall–Kier alpha value is -2.49. The molecule has 1 N–H and O–H groups in total. The predicted octanol–water partition coefficient (Wildman–Crippen LogP) is 6.08. The van der Waals surface area contributed by atoms with Crippen molar-refractivity contribution in [2.75, 3.05) is 18.5 Å². The van der Waals surface area contributed by atoms with Crippen LogP contribution in [0.1, 0.15) is 62.7 Å². The normalized spacial score (nSPS) is 10.4. The van der Waals surface area contributed by atoms with Gasteiger partial charge in [0.25, 0.3) is 5.91 Å².